The average Bonchev–Trinajstić information content (AvgIpc) is 2.47. The third kappa shape index (κ3) is 7.36. The molecule has 0 spiro atoms. The summed E-state index contributed by atoms with van der Waals surface area (Å²) in [6.07, 6.45) is 7.93. The monoisotopic (exact) mass is 324 g/mol. The molecule has 0 aliphatic carbocycles. The van der Waals surface area contributed by atoms with Gasteiger partial charge in [0.05, 0.1) is 6.61 Å². The van der Waals surface area contributed by atoms with E-state index in [4.69, 9.17) is 17.0 Å². The van der Waals surface area contributed by atoms with E-state index in [1.165, 1.54) is 0 Å². The maximum Gasteiger partial charge on any atom is 0.333 e. The van der Waals surface area contributed by atoms with Crippen molar-refractivity contribution in [2.45, 2.75) is 52.0 Å². The van der Waals surface area contributed by atoms with E-state index in [0.717, 1.165) is 38.5 Å². The lowest BCUT2D eigenvalue weighted by Crippen LogP contribution is -2.22. The summed E-state index contributed by atoms with van der Waals surface area (Å²) in [5.41, 5.74) is 0.295. The maximum atomic E-state index is 11.6. The van der Waals surface area contributed by atoms with Gasteiger partial charge in [-0.25, -0.2) is 9.59 Å². The van der Waals surface area contributed by atoms with Crippen molar-refractivity contribution in [3.05, 3.63) is 39.5 Å². The smallest absolute Gasteiger partial charge is 0.333 e. The Morgan fingerprint density at radius 3 is 2.55 bits per heavy atom. The molecular formula is C16H24N2O3S. The molecule has 0 aliphatic heterocycles. The Balaban J connectivity index is 2.02. The first-order valence-corrected chi connectivity index (χ1v) is 8.04. The molecule has 0 bridgehead atoms. The largest absolute Gasteiger partial charge is 0.462 e. The van der Waals surface area contributed by atoms with Crippen LogP contribution in [0.15, 0.2) is 29.2 Å². The van der Waals surface area contributed by atoms with Crippen molar-refractivity contribution >= 4 is 18.2 Å². The van der Waals surface area contributed by atoms with Gasteiger partial charge in [0.2, 0.25) is 0 Å². The van der Waals surface area contributed by atoms with Gasteiger partial charge in [0, 0.05) is 18.3 Å². The molecule has 1 heterocycles. The number of H-pyrrole nitrogens is 1. The second-order valence-electron chi connectivity index (χ2n) is 5.34. The fourth-order valence-corrected chi connectivity index (χ4v) is 2.15. The summed E-state index contributed by atoms with van der Waals surface area (Å²) in [5, 5.41) is 0. The molecule has 0 atom stereocenters. The predicted molar refractivity (Wildman–Crippen MR) is 89.4 cm³/mol. The average molecular weight is 324 g/mol. The van der Waals surface area contributed by atoms with Gasteiger partial charge >= 0.3 is 11.7 Å². The Kier molecular flexibility index (Phi) is 8.43. The van der Waals surface area contributed by atoms with Crippen molar-refractivity contribution in [3.8, 4) is 0 Å². The molecule has 1 aromatic heterocycles. The molecule has 0 amide bonds. The Labute approximate surface area is 136 Å². The first-order chi connectivity index (χ1) is 10.5. The van der Waals surface area contributed by atoms with Gasteiger partial charge in [-0.2, -0.15) is 0 Å². The highest BCUT2D eigenvalue weighted by molar-refractivity contribution is 7.71. The highest BCUT2D eigenvalue weighted by Crippen LogP contribution is 2.06. The van der Waals surface area contributed by atoms with Crippen LogP contribution in [-0.4, -0.2) is 22.1 Å². The van der Waals surface area contributed by atoms with Crippen LogP contribution >= 0.6 is 12.2 Å². The summed E-state index contributed by atoms with van der Waals surface area (Å²) >= 11 is 4.89. The molecule has 0 saturated heterocycles. The number of ether oxygens (including phenoxy) is 1. The van der Waals surface area contributed by atoms with Crippen LogP contribution in [0.5, 0.6) is 0 Å². The number of esters is 1. The van der Waals surface area contributed by atoms with Gasteiger partial charge in [-0.3, -0.25) is 4.98 Å². The molecule has 1 N–H and O–H groups in total. The molecule has 0 radical (unpaired) electrons. The molecule has 5 nitrogen and oxygen atoms in total. The Hall–Kier alpha value is -1.69. The van der Waals surface area contributed by atoms with Crippen molar-refractivity contribution < 1.29 is 9.53 Å². The number of carbonyl (C=O) groups is 1. The van der Waals surface area contributed by atoms with Crippen LogP contribution in [-0.2, 0) is 16.1 Å². The third-order valence-electron chi connectivity index (χ3n) is 3.27. The fraction of sp³-hybridized carbons (Fsp3) is 0.562. The van der Waals surface area contributed by atoms with Crippen LogP contribution in [0, 0.1) is 4.64 Å². The van der Waals surface area contributed by atoms with Crippen molar-refractivity contribution in [2.75, 3.05) is 6.61 Å². The fourth-order valence-electron chi connectivity index (χ4n) is 2.00. The number of nitrogens with zero attached hydrogens (tertiary/aromatic N) is 1. The van der Waals surface area contributed by atoms with Gasteiger partial charge in [0.15, 0.2) is 0 Å². The Bertz CT molecular complexity index is 604. The Morgan fingerprint density at radius 2 is 1.91 bits per heavy atom. The summed E-state index contributed by atoms with van der Waals surface area (Å²) in [7, 11) is 0. The van der Waals surface area contributed by atoms with Crippen molar-refractivity contribution in [3.63, 3.8) is 0 Å². The number of hydrogen-bond donors (Lipinski definition) is 1. The number of hydrogen-bond acceptors (Lipinski definition) is 4. The van der Waals surface area contributed by atoms with E-state index in [0.29, 0.717) is 23.4 Å². The first kappa shape index (κ1) is 18.4. The normalized spacial score (nSPS) is 10.4. The quantitative estimate of drug-likeness (QED) is 0.310. The molecule has 0 unspecified atom stereocenters. The molecule has 0 aliphatic rings. The van der Waals surface area contributed by atoms with Crippen molar-refractivity contribution in [1.29, 1.82) is 0 Å². The van der Waals surface area contributed by atoms with E-state index in [2.05, 4.69) is 11.6 Å². The lowest BCUT2D eigenvalue weighted by atomic mass is 10.1. The second kappa shape index (κ2) is 10.1. The number of aromatic amines is 1. The van der Waals surface area contributed by atoms with Crippen molar-refractivity contribution in [2.24, 2.45) is 0 Å². The van der Waals surface area contributed by atoms with Gasteiger partial charge in [-0.1, -0.05) is 44.5 Å². The summed E-state index contributed by atoms with van der Waals surface area (Å²) < 4.78 is 7.14. The van der Waals surface area contributed by atoms with E-state index in [1.807, 2.05) is 0 Å². The molecule has 6 heteroatoms. The lowest BCUT2D eigenvalue weighted by molar-refractivity contribution is -0.139. The third-order valence-corrected chi connectivity index (χ3v) is 3.51. The zero-order chi connectivity index (χ0) is 16.4. The maximum absolute atomic E-state index is 11.6. The van der Waals surface area contributed by atoms with E-state index < -0.39 is 0 Å². The van der Waals surface area contributed by atoms with Crippen molar-refractivity contribution in [1.82, 2.24) is 9.55 Å². The minimum Gasteiger partial charge on any atom is -0.462 e. The van der Waals surface area contributed by atoms with E-state index in [-0.39, 0.29) is 11.7 Å². The van der Waals surface area contributed by atoms with Crippen LogP contribution in [0.4, 0.5) is 0 Å². The SMILES string of the molecule is C=C(C)C(=O)OCCCCCCCCn1ccc(=S)[nH]c1=O. The lowest BCUT2D eigenvalue weighted by Gasteiger charge is -2.05. The zero-order valence-corrected chi connectivity index (χ0v) is 13.9. The summed E-state index contributed by atoms with van der Waals surface area (Å²) in [5.74, 6) is -0.313. The molecule has 0 saturated carbocycles. The first-order valence-electron chi connectivity index (χ1n) is 7.63. The zero-order valence-electron chi connectivity index (χ0n) is 13.1. The van der Waals surface area contributed by atoms with Crippen LogP contribution in [0.25, 0.3) is 0 Å². The number of unbranched alkanes of at least 4 members (excludes halogenated alkanes) is 5. The number of aryl methyl sites for hydroxylation is 1. The van der Waals surface area contributed by atoms with E-state index in [1.54, 1.807) is 23.8 Å². The molecule has 0 fully saturated rings. The summed E-state index contributed by atoms with van der Waals surface area (Å²) in [6, 6.07) is 1.73. The van der Waals surface area contributed by atoms with Crippen LogP contribution in [0.3, 0.4) is 0 Å². The molecule has 22 heavy (non-hydrogen) atoms. The van der Waals surface area contributed by atoms with E-state index >= 15 is 0 Å². The number of rotatable bonds is 10. The molecule has 1 rings (SSSR count). The molecule has 122 valence electrons. The van der Waals surface area contributed by atoms with Crippen LogP contribution < -0.4 is 5.69 Å². The summed E-state index contributed by atoms with van der Waals surface area (Å²) in [6.45, 7) is 6.35. The molecule has 0 aromatic carbocycles. The second-order valence-corrected chi connectivity index (χ2v) is 5.78. The summed E-state index contributed by atoms with van der Waals surface area (Å²) in [4.78, 5) is 25.3. The van der Waals surface area contributed by atoms with Crippen LogP contribution in [0.2, 0.25) is 0 Å². The highest BCUT2D eigenvalue weighted by Gasteiger charge is 2.01. The van der Waals surface area contributed by atoms with Gasteiger partial charge < -0.3 is 9.30 Å². The topological polar surface area (TPSA) is 64.1 Å². The van der Waals surface area contributed by atoms with Gasteiger partial charge in [-0.05, 0) is 25.8 Å². The minimum absolute atomic E-state index is 0.146. The number of carbonyl (C=O) groups excluding carboxylic acids is 1. The number of aromatic nitrogens is 2. The predicted octanol–water partition coefficient (Wildman–Crippen LogP) is 3.37. The standard InChI is InChI=1S/C16H24N2O3S/c1-13(2)15(19)21-12-8-6-4-3-5-7-10-18-11-9-14(22)17-16(18)20/h9,11H,1,3-8,10,12H2,2H3,(H,17,20,22). The van der Waals surface area contributed by atoms with Gasteiger partial charge in [-0.15, -0.1) is 0 Å². The molecular weight excluding hydrogens is 300 g/mol. The minimum atomic E-state index is -0.313. The van der Waals surface area contributed by atoms with E-state index in [9.17, 15) is 9.59 Å². The van der Waals surface area contributed by atoms with Crippen LogP contribution in [0.1, 0.15) is 45.4 Å². The highest BCUT2D eigenvalue weighted by atomic mass is 32.1. The Morgan fingerprint density at radius 1 is 1.27 bits per heavy atom. The number of nitrogens with one attached hydrogen (secondary N) is 1. The van der Waals surface area contributed by atoms with Gasteiger partial charge in [0.25, 0.3) is 0 Å². The molecule has 1 aromatic rings. The van der Waals surface area contributed by atoms with Gasteiger partial charge in [0.1, 0.15) is 4.64 Å².